The molecule has 34 heavy (non-hydrogen) atoms. The lowest BCUT2D eigenvalue weighted by molar-refractivity contribution is -0.122. The Morgan fingerprint density at radius 1 is 1.15 bits per heavy atom. The van der Waals surface area contributed by atoms with Gasteiger partial charge in [-0.05, 0) is 88.2 Å². The van der Waals surface area contributed by atoms with Crippen LogP contribution in [0.1, 0.15) is 43.6 Å². The maximum Gasteiger partial charge on any atom is 0.229 e. The normalized spacial score (nSPS) is 14.0. The van der Waals surface area contributed by atoms with E-state index in [0.29, 0.717) is 41.1 Å². The fourth-order valence-electron chi connectivity index (χ4n) is 3.62. The molecule has 184 valence electrons. The number of rotatable bonds is 14. The number of halogens is 3. The highest BCUT2D eigenvalue weighted by Gasteiger charge is 2.25. The molecule has 2 aromatic carbocycles. The Balaban J connectivity index is 1.72. The predicted molar refractivity (Wildman–Crippen MR) is 150 cm³/mol. The van der Waals surface area contributed by atoms with E-state index in [0.717, 1.165) is 17.9 Å². The van der Waals surface area contributed by atoms with E-state index in [1.807, 2.05) is 36.4 Å². The molecule has 2 aromatic rings. The standard InChI is InChI=1S/C25H29Cl2IN2O3S/c26-21-4-1-3-19(13-21)20(9-10-24(31)29-16-18-7-8-18)14-25(32)30(17-33-11-12-34-28)23-6-2-5-22(27)15-23/h1-6,13,15,18,20H,7-12,14,16-17H2,(H,29,31)/t20-/m1/s1. The number of carbonyl (C=O) groups excluding carboxylic acids is 2. The van der Waals surface area contributed by atoms with Gasteiger partial charge in [-0.25, -0.2) is 0 Å². The van der Waals surface area contributed by atoms with Crippen LogP contribution < -0.4 is 10.2 Å². The summed E-state index contributed by atoms with van der Waals surface area (Å²) in [5, 5.41) is 4.18. The number of hydrogen-bond acceptors (Lipinski definition) is 4. The van der Waals surface area contributed by atoms with E-state index in [9.17, 15) is 9.59 Å². The summed E-state index contributed by atoms with van der Waals surface area (Å²) in [5.74, 6) is 1.25. The van der Waals surface area contributed by atoms with Gasteiger partial charge in [-0.1, -0.05) is 50.3 Å². The highest BCUT2D eigenvalue weighted by atomic mass is 127. The molecule has 0 radical (unpaired) electrons. The number of nitrogens with zero attached hydrogens (tertiary/aromatic N) is 1. The van der Waals surface area contributed by atoms with Crippen LogP contribution in [0.2, 0.25) is 10.0 Å². The lowest BCUT2D eigenvalue weighted by atomic mass is 9.90. The number of carbonyl (C=O) groups is 2. The summed E-state index contributed by atoms with van der Waals surface area (Å²) >= 11 is 14.7. The third kappa shape index (κ3) is 9.57. The zero-order valence-electron chi connectivity index (χ0n) is 18.9. The summed E-state index contributed by atoms with van der Waals surface area (Å²) in [6.07, 6.45) is 3.53. The molecule has 0 spiro atoms. The van der Waals surface area contributed by atoms with Crippen LogP contribution in [-0.4, -0.2) is 37.4 Å². The Morgan fingerprint density at radius 3 is 2.56 bits per heavy atom. The van der Waals surface area contributed by atoms with Crippen molar-refractivity contribution in [3.05, 3.63) is 64.1 Å². The van der Waals surface area contributed by atoms with Gasteiger partial charge in [0.2, 0.25) is 11.8 Å². The van der Waals surface area contributed by atoms with E-state index in [-0.39, 0.29) is 30.9 Å². The van der Waals surface area contributed by atoms with E-state index in [2.05, 4.69) is 26.5 Å². The second-order valence-electron chi connectivity index (χ2n) is 8.39. The first-order chi connectivity index (χ1) is 16.5. The summed E-state index contributed by atoms with van der Waals surface area (Å²) in [6.45, 7) is 1.42. The van der Waals surface area contributed by atoms with Crippen molar-refractivity contribution >= 4 is 70.8 Å². The molecule has 0 heterocycles. The van der Waals surface area contributed by atoms with Crippen molar-refractivity contribution in [3.8, 4) is 0 Å². The molecule has 1 N–H and O–H groups in total. The fourth-order valence-corrected chi connectivity index (χ4v) is 4.73. The Hall–Kier alpha value is -1.00. The van der Waals surface area contributed by atoms with E-state index < -0.39 is 0 Å². The average Bonchev–Trinajstić information content (AvgIpc) is 3.65. The lowest BCUT2D eigenvalue weighted by Gasteiger charge is -2.26. The van der Waals surface area contributed by atoms with Crippen LogP contribution in [0.4, 0.5) is 5.69 Å². The van der Waals surface area contributed by atoms with Crippen molar-refractivity contribution < 1.29 is 14.3 Å². The monoisotopic (exact) mass is 634 g/mol. The minimum atomic E-state index is -0.149. The highest BCUT2D eigenvalue weighted by molar-refractivity contribution is 14.2. The summed E-state index contributed by atoms with van der Waals surface area (Å²) in [4.78, 5) is 27.5. The summed E-state index contributed by atoms with van der Waals surface area (Å²) in [7, 11) is 1.66. The van der Waals surface area contributed by atoms with Gasteiger partial charge in [0.15, 0.2) is 0 Å². The zero-order chi connectivity index (χ0) is 24.3. The number of ether oxygens (including phenoxy) is 1. The van der Waals surface area contributed by atoms with Gasteiger partial charge in [0.05, 0.1) is 6.61 Å². The lowest BCUT2D eigenvalue weighted by Crippen LogP contribution is -2.34. The van der Waals surface area contributed by atoms with Crippen LogP contribution in [0.5, 0.6) is 0 Å². The molecule has 3 rings (SSSR count). The van der Waals surface area contributed by atoms with Crippen LogP contribution in [0.15, 0.2) is 48.5 Å². The van der Waals surface area contributed by atoms with Gasteiger partial charge in [-0.2, -0.15) is 0 Å². The van der Waals surface area contributed by atoms with E-state index in [1.54, 1.807) is 26.0 Å². The molecular weight excluding hydrogens is 606 g/mol. The van der Waals surface area contributed by atoms with Gasteiger partial charge in [0.1, 0.15) is 6.73 Å². The van der Waals surface area contributed by atoms with Gasteiger partial charge in [-0.3, -0.25) is 14.5 Å². The summed E-state index contributed by atoms with van der Waals surface area (Å²) in [6, 6.07) is 14.7. The number of anilines is 1. The topological polar surface area (TPSA) is 58.6 Å². The molecule has 9 heteroatoms. The minimum Gasteiger partial charge on any atom is -0.360 e. The third-order valence-corrected chi connectivity index (χ3v) is 7.80. The van der Waals surface area contributed by atoms with Crippen molar-refractivity contribution in [2.75, 3.05) is 30.5 Å². The van der Waals surface area contributed by atoms with Gasteiger partial charge < -0.3 is 10.1 Å². The quantitative estimate of drug-likeness (QED) is 0.140. The van der Waals surface area contributed by atoms with Gasteiger partial charge in [0, 0.05) is 40.9 Å². The molecule has 2 amide bonds. The van der Waals surface area contributed by atoms with Crippen molar-refractivity contribution in [2.45, 2.75) is 38.0 Å². The minimum absolute atomic E-state index is 0.0257. The van der Waals surface area contributed by atoms with Crippen molar-refractivity contribution in [1.82, 2.24) is 5.32 Å². The number of nitrogens with one attached hydrogen (secondary N) is 1. The third-order valence-electron chi connectivity index (χ3n) is 5.69. The largest absolute Gasteiger partial charge is 0.360 e. The first-order valence-electron chi connectivity index (χ1n) is 11.4. The molecule has 1 fully saturated rings. The van der Waals surface area contributed by atoms with Crippen LogP contribution in [0.3, 0.4) is 0 Å². The molecule has 0 aromatic heterocycles. The fraction of sp³-hybridized carbons (Fsp3) is 0.440. The summed E-state index contributed by atoms with van der Waals surface area (Å²) < 4.78 is 5.77. The second-order valence-corrected chi connectivity index (χ2v) is 11.8. The van der Waals surface area contributed by atoms with Crippen molar-refractivity contribution in [1.29, 1.82) is 0 Å². The molecule has 1 aliphatic carbocycles. The molecular formula is C25H29Cl2IN2O3S. The van der Waals surface area contributed by atoms with Crippen molar-refractivity contribution in [2.24, 2.45) is 5.92 Å². The first-order valence-corrected chi connectivity index (χ1v) is 15.6. The molecule has 0 bridgehead atoms. The number of amides is 2. The molecule has 0 saturated heterocycles. The van der Waals surface area contributed by atoms with Gasteiger partial charge in [-0.15, -0.1) is 0 Å². The Bertz CT molecular complexity index is 961. The molecule has 5 nitrogen and oxygen atoms in total. The van der Waals surface area contributed by atoms with Crippen LogP contribution in [0.25, 0.3) is 0 Å². The maximum atomic E-state index is 13.5. The van der Waals surface area contributed by atoms with E-state index >= 15 is 0 Å². The number of hydrogen-bond donors (Lipinski definition) is 1. The van der Waals surface area contributed by atoms with Gasteiger partial charge in [0.25, 0.3) is 0 Å². The molecule has 0 unspecified atom stereocenters. The maximum absolute atomic E-state index is 13.5. The molecule has 1 saturated carbocycles. The first kappa shape index (κ1) is 27.6. The zero-order valence-corrected chi connectivity index (χ0v) is 23.3. The Morgan fingerprint density at radius 2 is 1.88 bits per heavy atom. The van der Waals surface area contributed by atoms with Gasteiger partial charge >= 0.3 is 0 Å². The van der Waals surface area contributed by atoms with E-state index in [4.69, 9.17) is 27.9 Å². The highest BCUT2D eigenvalue weighted by Crippen LogP contribution is 2.30. The predicted octanol–water partition coefficient (Wildman–Crippen LogP) is 6.86. The Kier molecular flexibility index (Phi) is 11.8. The van der Waals surface area contributed by atoms with Crippen molar-refractivity contribution in [3.63, 3.8) is 0 Å². The molecule has 0 aliphatic heterocycles. The Labute approximate surface area is 227 Å². The smallest absolute Gasteiger partial charge is 0.229 e. The van der Waals surface area contributed by atoms with Crippen LogP contribution in [0, 0.1) is 5.92 Å². The second kappa shape index (κ2) is 14.5. The van der Waals surface area contributed by atoms with Crippen LogP contribution >= 0.6 is 53.3 Å². The van der Waals surface area contributed by atoms with Crippen LogP contribution in [-0.2, 0) is 14.3 Å². The molecule has 1 atom stereocenters. The average molecular weight is 635 g/mol. The number of benzene rings is 2. The van der Waals surface area contributed by atoms with E-state index in [1.165, 1.54) is 12.8 Å². The molecule has 1 aliphatic rings. The SMILES string of the molecule is O=C(CC[C@H](CC(=O)N(COCCSI)c1cccc(Cl)c1)c1cccc(Cl)c1)NCC1CC1. The summed E-state index contributed by atoms with van der Waals surface area (Å²) in [5.41, 5.74) is 1.63.